The van der Waals surface area contributed by atoms with Crippen molar-refractivity contribution in [2.45, 2.75) is 0 Å². The van der Waals surface area contributed by atoms with Gasteiger partial charge in [-0.2, -0.15) is 0 Å². The number of benzene rings is 8. The van der Waals surface area contributed by atoms with Crippen molar-refractivity contribution in [1.82, 2.24) is 0 Å². The van der Waals surface area contributed by atoms with Crippen molar-refractivity contribution in [2.24, 2.45) is 0 Å². The SMILES string of the molecule is c1ccc2c(-c3ccc(N(c4ccc(-c5cccc6oc7ccccc7c56)cc4)c4cccc5c4oc4ccccc45)cc3)cccc2c1. The van der Waals surface area contributed by atoms with Gasteiger partial charge in [-0.1, -0.05) is 127 Å². The first-order chi connectivity index (χ1) is 24.3. The van der Waals surface area contributed by atoms with Crippen LogP contribution in [0.3, 0.4) is 0 Å². The summed E-state index contributed by atoms with van der Waals surface area (Å²) in [5.41, 5.74) is 11.3. The normalized spacial score (nSPS) is 11.7. The zero-order valence-corrected chi connectivity index (χ0v) is 26.5. The first kappa shape index (κ1) is 27.5. The van der Waals surface area contributed by atoms with E-state index in [2.05, 4.69) is 150 Å². The van der Waals surface area contributed by atoms with Gasteiger partial charge in [0.15, 0.2) is 5.58 Å². The minimum atomic E-state index is 0.862. The third-order valence-electron chi connectivity index (χ3n) is 9.69. The highest BCUT2D eigenvalue weighted by Crippen LogP contribution is 2.44. The Morgan fingerprint density at radius 2 is 0.878 bits per heavy atom. The fourth-order valence-corrected chi connectivity index (χ4v) is 7.41. The molecule has 230 valence electrons. The van der Waals surface area contributed by atoms with Crippen molar-refractivity contribution < 1.29 is 8.83 Å². The summed E-state index contributed by atoms with van der Waals surface area (Å²) < 4.78 is 12.8. The van der Waals surface area contributed by atoms with E-state index in [-0.39, 0.29) is 0 Å². The summed E-state index contributed by atoms with van der Waals surface area (Å²) in [6, 6.07) is 62.0. The molecule has 8 aromatic carbocycles. The summed E-state index contributed by atoms with van der Waals surface area (Å²) in [4.78, 5) is 2.30. The summed E-state index contributed by atoms with van der Waals surface area (Å²) in [5.74, 6) is 0. The van der Waals surface area contributed by atoms with Crippen LogP contribution in [0.5, 0.6) is 0 Å². The van der Waals surface area contributed by atoms with E-state index in [1.807, 2.05) is 30.3 Å². The van der Waals surface area contributed by atoms with Gasteiger partial charge in [0, 0.05) is 32.9 Å². The summed E-state index contributed by atoms with van der Waals surface area (Å²) >= 11 is 0. The molecular weight excluding hydrogens is 599 g/mol. The van der Waals surface area contributed by atoms with Gasteiger partial charge in [-0.15, -0.1) is 0 Å². The lowest BCUT2D eigenvalue weighted by molar-refractivity contribution is 0.668. The molecule has 0 aliphatic heterocycles. The first-order valence-corrected chi connectivity index (χ1v) is 16.6. The number of nitrogens with zero attached hydrogens (tertiary/aromatic N) is 1. The van der Waals surface area contributed by atoms with Gasteiger partial charge in [0.25, 0.3) is 0 Å². The predicted molar refractivity (Wildman–Crippen MR) is 204 cm³/mol. The molecule has 3 nitrogen and oxygen atoms in total. The lowest BCUT2D eigenvalue weighted by Crippen LogP contribution is -2.10. The molecule has 3 heteroatoms. The van der Waals surface area contributed by atoms with E-state index < -0.39 is 0 Å². The molecule has 0 radical (unpaired) electrons. The van der Waals surface area contributed by atoms with Gasteiger partial charge in [0.2, 0.25) is 0 Å². The lowest BCUT2D eigenvalue weighted by atomic mass is 9.97. The number of rotatable bonds is 5. The van der Waals surface area contributed by atoms with Crippen LogP contribution in [-0.4, -0.2) is 0 Å². The Morgan fingerprint density at radius 1 is 0.347 bits per heavy atom. The van der Waals surface area contributed by atoms with Crippen LogP contribution >= 0.6 is 0 Å². The maximum atomic E-state index is 6.57. The minimum Gasteiger partial charge on any atom is -0.456 e. The molecule has 0 saturated carbocycles. The second-order valence-electron chi connectivity index (χ2n) is 12.5. The maximum Gasteiger partial charge on any atom is 0.159 e. The van der Waals surface area contributed by atoms with Crippen molar-refractivity contribution in [2.75, 3.05) is 4.90 Å². The van der Waals surface area contributed by atoms with Crippen molar-refractivity contribution in [1.29, 1.82) is 0 Å². The topological polar surface area (TPSA) is 29.5 Å². The van der Waals surface area contributed by atoms with Gasteiger partial charge in [0.05, 0.1) is 5.69 Å². The number of hydrogen-bond donors (Lipinski definition) is 0. The van der Waals surface area contributed by atoms with Gasteiger partial charge < -0.3 is 13.7 Å². The molecule has 0 fully saturated rings. The molecule has 0 N–H and O–H groups in total. The average molecular weight is 628 g/mol. The smallest absolute Gasteiger partial charge is 0.159 e. The average Bonchev–Trinajstić information content (AvgIpc) is 3.75. The Labute approximate surface area is 282 Å². The van der Waals surface area contributed by atoms with Gasteiger partial charge in [0.1, 0.15) is 16.7 Å². The molecule has 0 bridgehead atoms. The second-order valence-corrected chi connectivity index (χ2v) is 12.5. The number of fused-ring (bicyclic) bond motifs is 7. The largest absolute Gasteiger partial charge is 0.456 e. The van der Waals surface area contributed by atoms with Gasteiger partial charge in [-0.3, -0.25) is 0 Å². The third kappa shape index (κ3) is 4.44. The monoisotopic (exact) mass is 627 g/mol. The fraction of sp³-hybridized carbons (Fsp3) is 0. The molecule has 0 aliphatic carbocycles. The van der Waals surface area contributed by atoms with E-state index in [0.29, 0.717) is 0 Å². The van der Waals surface area contributed by atoms with Crippen LogP contribution < -0.4 is 4.90 Å². The van der Waals surface area contributed by atoms with Crippen LogP contribution in [0.2, 0.25) is 0 Å². The molecule has 49 heavy (non-hydrogen) atoms. The number of para-hydroxylation sites is 3. The number of furan rings is 2. The van der Waals surface area contributed by atoms with Crippen LogP contribution in [-0.2, 0) is 0 Å². The Bertz CT molecular complexity index is 2820. The molecule has 0 atom stereocenters. The Morgan fingerprint density at radius 3 is 1.65 bits per heavy atom. The maximum absolute atomic E-state index is 6.57. The predicted octanol–water partition coefficient (Wildman–Crippen LogP) is 13.4. The highest BCUT2D eigenvalue weighted by atomic mass is 16.3. The van der Waals surface area contributed by atoms with Crippen LogP contribution in [0.4, 0.5) is 17.1 Å². The summed E-state index contributed by atoms with van der Waals surface area (Å²) in [5, 5.41) is 6.96. The van der Waals surface area contributed by atoms with Crippen LogP contribution in [0.15, 0.2) is 185 Å². The fourth-order valence-electron chi connectivity index (χ4n) is 7.41. The van der Waals surface area contributed by atoms with E-state index in [0.717, 1.165) is 72.1 Å². The molecule has 10 aromatic rings. The van der Waals surface area contributed by atoms with Crippen molar-refractivity contribution in [3.05, 3.63) is 176 Å². The van der Waals surface area contributed by atoms with Crippen LogP contribution in [0.1, 0.15) is 0 Å². The lowest BCUT2D eigenvalue weighted by Gasteiger charge is -2.26. The summed E-state index contributed by atoms with van der Waals surface area (Å²) in [7, 11) is 0. The van der Waals surface area contributed by atoms with Crippen molar-refractivity contribution in [3.8, 4) is 22.3 Å². The van der Waals surface area contributed by atoms with Crippen molar-refractivity contribution in [3.63, 3.8) is 0 Å². The quantitative estimate of drug-likeness (QED) is 0.190. The molecule has 2 heterocycles. The zero-order valence-electron chi connectivity index (χ0n) is 26.5. The Kier molecular flexibility index (Phi) is 6.18. The molecule has 0 unspecified atom stereocenters. The number of anilines is 3. The highest BCUT2D eigenvalue weighted by molar-refractivity contribution is 6.13. The summed E-state index contributed by atoms with van der Waals surface area (Å²) in [6.45, 7) is 0. The third-order valence-corrected chi connectivity index (χ3v) is 9.69. The zero-order chi connectivity index (χ0) is 32.3. The van der Waals surface area contributed by atoms with E-state index in [9.17, 15) is 0 Å². The van der Waals surface area contributed by atoms with E-state index >= 15 is 0 Å². The number of hydrogen-bond acceptors (Lipinski definition) is 3. The molecule has 0 amide bonds. The Hall–Kier alpha value is -6.58. The van der Waals surface area contributed by atoms with Gasteiger partial charge in [-0.05, 0) is 81.6 Å². The van der Waals surface area contributed by atoms with E-state index in [4.69, 9.17) is 8.83 Å². The van der Waals surface area contributed by atoms with Crippen LogP contribution in [0.25, 0.3) is 76.9 Å². The molecule has 0 saturated heterocycles. The second kappa shape index (κ2) is 11.0. The van der Waals surface area contributed by atoms with Crippen molar-refractivity contribution >= 4 is 71.7 Å². The van der Waals surface area contributed by atoms with Gasteiger partial charge in [-0.25, -0.2) is 0 Å². The standard InChI is InChI=1S/C46H29NO2/c1-2-12-35-30(10-1)11-7-15-36(35)31-22-26-33(27-23-31)47(41-18-8-17-39-38-13-3-5-19-42(38)49-46(39)41)34-28-24-32(25-29-34)37-16-9-21-44-45(37)40-14-4-6-20-43(40)48-44/h1-29H. The molecule has 0 spiro atoms. The highest BCUT2D eigenvalue weighted by Gasteiger charge is 2.20. The summed E-state index contributed by atoms with van der Waals surface area (Å²) in [6.07, 6.45) is 0. The van der Waals surface area contributed by atoms with E-state index in [1.165, 1.54) is 21.9 Å². The molecular formula is C46H29NO2. The van der Waals surface area contributed by atoms with Crippen LogP contribution in [0, 0.1) is 0 Å². The molecule has 10 rings (SSSR count). The minimum absolute atomic E-state index is 0.862. The van der Waals surface area contributed by atoms with Gasteiger partial charge >= 0.3 is 0 Å². The first-order valence-electron chi connectivity index (χ1n) is 16.6. The molecule has 0 aliphatic rings. The molecule has 2 aromatic heterocycles. The Balaban J connectivity index is 1.13. The van der Waals surface area contributed by atoms with E-state index in [1.54, 1.807) is 0 Å².